The van der Waals surface area contributed by atoms with Crippen molar-refractivity contribution >= 4 is 39.9 Å². The van der Waals surface area contributed by atoms with Crippen LogP contribution in [-0.2, 0) is 4.79 Å². The Labute approximate surface area is 283 Å². The SMILES string of the molecule is C=CC(=O)N1CC2CN(C3CN(C)C3)c3c(c4cc(Cl)c(-c5c(O)cccc5F)nc4n(-c4c(C)ccnc4C(C)C)c3=O)N2CC1C. The van der Waals surface area contributed by atoms with Gasteiger partial charge in [0.05, 0.1) is 45.4 Å². The molecule has 2 atom stereocenters. The second kappa shape index (κ2) is 11.9. The number of phenols is 1. The summed E-state index contributed by atoms with van der Waals surface area (Å²) in [5.74, 6) is -1.16. The van der Waals surface area contributed by atoms with Gasteiger partial charge in [0, 0.05) is 50.3 Å². The quantitative estimate of drug-likeness (QED) is 0.293. The molecule has 250 valence electrons. The van der Waals surface area contributed by atoms with E-state index in [0.717, 1.165) is 24.3 Å². The molecule has 2 fully saturated rings. The minimum atomic E-state index is -0.687. The van der Waals surface area contributed by atoms with Crippen molar-refractivity contribution in [1.82, 2.24) is 24.3 Å². The Morgan fingerprint density at radius 1 is 1.08 bits per heavy atom. The number of carbonyl (C=O) groups excluding carboxylic acids is 1. The van der Waals surface area contributed by atoms with Crippen molar-refractivity contribution in [3.63, 3.8) is 0 Å². The van der Waals surface area contributed by atoms with Crippen molar-refractivity contribution in [2.75, 3.05) is 49.6 Å². The summed E-state index contributed by atoms with van der Waals surface area (Å²) in [6.45, 7) is 14.7. The van der Waals surface area contributed by atoms with Gasteiger partial charge in [0.15, 0.2) is 5.65 Å². The zero-order valence-corrected chi connectivity index (χ0v) is 28.5. The molecule has 0 spiro atoms. The Hall–Kier alpha value is -4.48. The highest BCUT2D eigenvalue weighted by molar-refractivity contribution is 6.34. The number of halogens is 2. The molecule has 3 aliphatic rings. The molecule has 12 heteroatoms. The lowest BCUT2D eigenvalue weighted by molar-refractivity contribution is -0.128. The molecule has 2 unspecified atom stereocenters. The normalized spacial score (nSPS) is 19.8. The van der Waals surface area contributed by atoms with Crippen LogP contribution >= 0.6 is 11.6 Å². The van der Waals surface area contributed by atoms with Crippen molar-refractivity contribution in [2.24, 2.45) is 0 Å². The molecule has 10 nitrogen and oxygen atoms in total. The van der Waals surface area contributed by atoms with Crippen LogP contribution in [0, 0.1) is 12.7 Å². The third kappa shape index (κ3) is 4.94. The van der Waals surface area contributed by atoms with Crippen LogP contribution in [0.2, 0.25) is 5.02 Å². The Morgan fingerprint density at radius 3 is 2.46 bits per heavy atom. The third-order valence-electron chi connectivity index (χ3n) is 9.97. The third-order valence-corrected chi connectivity index (χ3v) is 10.3. The Bertz CT molecular complexity index is 2020. The van der Waals surface area contributed by atoms with Crippen LogP contribution < -0.4 is 15.4 Å². The average Bonchev–Trinajstić information content (AvgIpc) is 3.03. The molecule has 4 aromatic rings. The van der Waals surface area contributed by atoms with E-state index in [4.69, 9.17) is 21.6 Å². The Morgan fingerprint density at radius 2 is 1.79 bits per heavy atom. The first-order chi connectivity index (χ1) is 22.9. The molecule has 0 saturated carbocycles. The molecule has 1 N–H and O–H groups in total. The number of carbonyl (C=O) groups is 1. The molecule has 3 aromatic heterocycles. The van der Waals surface area contributed by atoms with Crippen molar-refractivity contribution in [1.29, 1.82) is 0 Å². The summed E-state index contributed by atoms with van der Waals surface area (Å²) in [6.07, 6.45) is 3.08. The van der Waals surface area contributed by atoms with Crippen LogP contribution in [0.25, 0.3) is 28.0 Å². The highest BCUT2D eigenvalue weighted by Crippen LogP contribution is 2.46. The van der Waals surface area contributed by atoms with Crippen molar-refractivity contribution in [3.8, 4) is 22.7 Å². The number of piperazine rings is 1. The largest absolute Gasteiger partial charge is 0.507 e. The smallest absolute Gasteiger partial charge is 0.282 e. The van der Waals surface area contributed by atoms with Gasteiger partial charge in [0.2, 0.25) is 5.91 Å². The predicted molar refractivity (Wildman–Crippen MR) is 187 cm³/mol. The van der Waals surface area contributed by atoms with Gasteiger partial charge < -0.3 is 24.7 Å². The van der Waals surface area contributed by atoms with Crippen molar-refractivity contribution in [2.45, 2.75) is 51.7 Å². The molecule has 0 radical (unpaired) electrons. The lowest BCUT2D eigenvalue weighted by Crippen LogP contribution is -2.68. The first-order valence-electron chi connectivity index (χ1n) is 16.3. The van der Waals surface area contributed by atoms with E-state index in [1.807, 2.05) is 38.7 Å². The monoisotopic (exact) mass is 671 g/mol. The van der Waals surface area contributed by atoms with Crippen molar-refractivity contribution < 1.29 is 14.3 Å². The summed E-state index contributed by atoms with van der Waals surface area (Å²) in [6, 6.07) is 7.43. The predicted octanol–water partition coefficient (Wildman–Crippen LogP) is 5.10. The number of aromatic nitrogens is 3. The number of pyridine rings is 3. The molecule has 7 rings (SSSR count). The molecule has 0 bridgehead atoms. The molecular formula is C36H39ClFN7O3. The molecule has 6 heterocycles. The summed E-state index contributed by atoms with van der Waals surface area (Å²) in [7, 11) is 2.05. The van der Waals surface area contributed by atoms with Gasteiger partial charge in [0.1, 0.15) is 17.3 Å². The van der Waals surface area contributed by atoms with E-state index in [1.165, 1.54) is 24.3 Å². The molecule has 1 aromatic carbocycles. The number of nitrogens with zero attached hydrogens (tertiary/aromatic N) is 7. The number of benzene rings is 1. The number of anilines is 2. The van der Waals surface area contributed by atoms with E-state index in [-0.39, 0.29) is 63.2 Å². The zero-order valence-electron chi connectivity index (χ0n) is 27.7. The fourth-order valence-corrected chi connectivity index (χ4v) is 7.87. The Kier molecular flexibility index (Phi) is 7.95. The maximum atomic E-state index is 15.3. The van der Waals surface area contributed by atoms with E-state index in [9.17, 15) is 9.90 Å². The standard InChI is InChI=1S/C36H39ClFN7O3/c1-7-28(47)42-17-23-18-44(22-15-41(6)16-22)34-33(43(23)14-21(42)5)24-13-25(37)31(29-26(38)9-8-10-27(29)46)40-35(24)45(36(34)48)32-20(4)11-12-39-30(32)19(2)3/h7-13,19,21-23,46H,1,14-18H2,2-6H3. The number of aromatic hydroxyl groups is 1. The van der Waals surface area contributed by atoms with Crippen LogP contribution in [0.3, 0.4) is 0 Å². The number of likely N-dealkylation sites (tertiary alicyclic amines) is 1. The van der Waals surface area contributed by atoms with Crippen LogP contribution in [-0.4, -0.2) is 93.2 Å². The van der Waals surface area contributed by atoms with Gasteiger partial charge in [-0.1, -0.05) is 38.1 Å². The summed E-state index contributed by atoms with van der Waals surface area (Å²) in [4.78, 5) is 46.4. The number of hydrogen-bond donors (Lipinski definition) is 1. The lowest BCUT2D eigenvalue weighted by Gasteiger charge is -2.55. The van der Waals surface area contributed by atoms with E-state index in [0.29, 0.717) is 42.1 Å². The minimum Gasteiger partial charge on any atom is -0.507 e. The highest BCUT2D eigenvalue weighted by Gasteiger charge is 2.45. The fourth-order valence-electron chi connectivity index (χ4n) is 7.62. The van der Waals surface area contributed by atoms with Crippen molar-refractivity contribution in [3.05, 3.63) is 81.6 Å². The second-order valence-corrected chi connectivity index (χ2v) is 14.0. The van der Waals surface area contributed by atoms with Gasteiger partial charge in [-0.05, 0) is 62.7 Å². The van der Waals surface area contributed by atoms with Crippen LogP contribution in [0.5, 0.6) is 5.75 Å². The van der Waals surface area contributed by atoms with Crippen LogP contribution in [0.15, 0.2) is 54.0 Å². The molecule has 1 amide bonds. The average molecular weight is 672 g/mol. The van der Waals surface area contributed by atoms with Gasteiger partial charge >= 0.3 is 0 Å². The van der Waals surface area contributed by atoms with E-state index >= 15 is 9.18 Å². The Balaban J connectivity index is 1.60. The first-order valence-corrected chi connectivity index (χ1v) is 16.7. The molecule has 2 saturated heterocycles. The number of rotatable bonds is 5. The number of phenolic OH excluding ortho intramolecular Hbond substituents is 1. The van der Waals surface area contributed by atoms with Gasteiger partial charge in [-0.3, -0.25) is 19.1 Å². The van der Waals surface area contributed by atoms with Gasteiger partial charge in [-0.25, -0.2) is 9.37 Å². The summed E-state index contributed by atoms with van der Waals surface area (Å²) in [5.41, 5.74) is 3.31. The van der Waals surface area contributed by atoms with E-state index < -0.39 is 5.82 Å². The lowest BCUT2D eigenvalue weighted by atomic mass is 9.95. The summed E-state index contributed by atoms with van der Waals surface area (Å²) >= 11 is 6.98. The number of amides is 1. The topological polar surface area (TPSA) is 98.0 Å². The second-order valence-electron chi connectivity index (χ2n) is 13.6. The van der Waals surface area contributed by atoms with E-state index in [1.54, 1.807) is 16.8 Å². The minimum absolute atomic E-state index is 0.0279. The van der Waals surface area contributed by atoms with Crippen LogP contribution in [0.1, 0.15) is 37.9 Å². The molecular weight excluding hydrogens is 633 g/mol. The van der Waals surface area contributed by atoms with Gasteiger partial charge in [-0.15, -0.1) is 0 Å². The first kappa shape index (κ1) is 32.1. The highest BCUT2D eigenvalue weighted by atomic mass is 35.5. The zero-order chi connectivity index (χ0) is 34.2. The number of fused-ring (bicyclic) bond motifs is 5. The van der Waals surface area contributed by atoms with E-state index in [2.05, 4.69) is 28.3 Å². The number of aryl methyl sites for hydroxylation is 1. The molecule has 0 aliphatic carbocycles. The maximum absolute atomic E-state index is 15.3. The summed E-state index contributed by atoms with van der Waals surface area (Å²) < 4.78 is 17.0. The molecule has 48 heavy (non-hydrogen) atoms. The number of likely N-dealkylation sites (N-methyl/N-ethyl adjacent to an activating group) is 1. The summed E-state index contributed by atoms with van der Waals surface area (Å²) in [5, 5.41) is 11.5. The number of hydrogen-bond acceptors (Lipinski definition) is 8. The maximum Gasteiger partial charge on any atom is 0.282 e. The van der Waals surface area contributed by atoms with Gasteiger partial charge in [-0.2, -0.15) is 0 Å². The fraction of sp³-hybridized carbons (Fsp3) is 0.389. The molecule has 3 aliphatic heterocycles. The van der Waals surface area contributed by atoms with Gasteiger partial charge in [0.25, 0.3) is 5.56 Å². The van der Waals surface area contributed by atoms with Crippen LogP contribution in [0.4, 0.5) is 15.8 Å².